The van der Waals surface area contributed by atoms with Crippen molar-refractivity contribution in [3.63, 3.8) is 0 Å². The predicted octanol–water partition coefficient (Wildman–Crippen LogP) is 2.26. The largest absolute Gasteiger partial charge is 0.378 e. The van der Waals surface area contributed by atoms with Crippen molar-refractivity contribution in [1.29, 1.82) is 0 Å². The Labute approximate surface area is 116 Å². The molecule has 0 amide bonds. The van der Waals surface area contributed by atoms with Crippen LogP contribution in [0, 0.1) is 6.92 Å². The summed E-state index contributed by atoms with van der Waals surface area (Å²) in [5.74, 6) is 0.979. The Balaban J connectivity index is 1.95. The number of anilines is 1. The van der Waals surface area contributed by atoms with Crippen LogP contribution in [0.4, 0.5) is 5.82 Å². The minimum absolute atomic E-state index is 0.755. The molecule has 1 aliphatic heterocycles. The lowest BCUT2D eigenvalue weighted by Gasteiger charge is -2.27. The smallest absolute Gasteiger partial charge is 0.156 e. The Morgan fingerprint density at radius 2 is 2.05 bits per heavy atom. The SMILES string of the molecule is Cc1ccc2c(c1)[nH]c1c(N3CCOCC3)ncnc12. The van der Waals surface area contributed by atoms with E-state index in [4.69, 9.17) is 4.74 Å². The molecular weight excluding hydrogens is 252 g/mol. The van der Waals surface area contributed by atoms with E-state index in [0.29, 0.717) is 0 Å². The summed E-state index contributed by atoms with van der Waals surface area (Å²) in [6.45, 7) is 5.36. The highest BCUT2D eigenvalue weighted by Gasteiger charge is 2.18. The van der Waals surface area contributed by atoms with Gasteiger partial charge in [0.1, 0.15) is 17.4 Å². The van der Waals surface area contributed by atoms with Gasteiger partial charge in [-0.05, 0) is 18.6 Å². The second-order valence-electron chi connectivity index (χ2n) is 5.19. The fraction of sp³-hybridized carbons (Fsp3) is 0.333. The summed E-state index contributed by atoms with van der Waals surface area (Å²) >= 11 is 0. The number of aryl methyl sites for hydroxylation is 1. The zero-order valence-electron chi connectivity index (χ0n) is 11.4. The molecular formula is C15H16N4O. The van der Waals surface area contributed by atoms with Crippen molar-refractivity contribution in [3.05, 3.63) is 30.1 Å². The van der Waals surface area contributed by atoms with E-state index in [9.17, 15) is 0 Å². The molecule has 1 aromatic carbocycles. The van der Waals surface area contributed by atoms with Gasteiger partial charge in [-0.15, -0.1) is 0 Å². The van der Waals surface area contributed by atoms with E-state index >= 15 is 0 Å². The van der Waals surface area contributed by atoms with E-state index in [1.165, 1.54) is 5.56 Å². The first-order valence-corrected chi connectivity index (χ1v) is 6.89. The standard InChI is InChI=1S/C15H16N4O/c1-10-2-3-11-12(8-10)18-14-13(11)16-9-17-15(14)19-4-6-20-7-5-19/h2-3,8-9,18H,4-7H2,1H3. The highest BCUT2D eigenvalue weighted by molar-refractivity contribution is 6.08. The Kier molecular flexibility index (Phi) is 2.60. The molecule has 3 heterocycles. The Hall–Kier alpha value is -2.14. The lowest BCUT2D eigenvalue weighted by Crippen LogP contribution is -2.36. The third-order valence-corrected chi connectivity index (χ3v) is 3.83. The predicted molar refractivity (Wildman–Crippen MR) is 79.2 cm³/mol. The van der Waals surface area contributed by atoms with Crippen LogP contribution in [0.3, 0.4) is 0 Å². The lowest BCUT2D eigenvalue weighted by atomic mass is 10.2. The molecule has 1 fully saturated rings. The molecule has 0 atom stereocenters. The van der Waals surface area contributed by atoms with Crippen LogP contribution in [0.2, 0.25) is 0 Å². The molecule has 0 bridgehead atoms. The highest BCUT2D eigenvalue weighted by atomic mass is 16.5. The summed E-state index contributed by atoms with van der Waals surface area (Å²) in [6.07, 6.45) is 1.65. The second-order valence-corrected chi connectivity index (χ2v) is 5.19. The number of hydrogen-bond donors (Lipinski definition) is 1. The average Bonchev–Trinajstić information content (AvgIpc) is 2.85. The zero-order valence-corrected chi connectivity index (χ0v) is 11.4. The summed E-state index contributed by atoms with van der Waals surface area (Å²) in [5, 5.41) is 1.16. The molecule has 4 rings (SSSR count). The highest BCUT2D eigenvalue weighted by Crippen LogP contribution is 2.29. The normalized spacial score (nSPS) is 16.1. The molecule has 20 heavy (non-hydrogen) atoms. The van der Waals surface area contributed by atoms with Crippen molar-refractivity contribution < 1.29 is 4.74 Å². The molecule has 2 aromatic heterocycles. The Morgan fingerprint density at radius 3 is 2.90 bits per heavy atom. The van der Waals surface area contributed by atoms with Gasteiger partial charge in [-0.2, -0.15) is 0 Å². The molecule has 0 unspecified atom stereocenters. The van der Waals surface area contributed by atoms with Crippen LogP contribution < -0.4 is 4.90 Å². The molecule has 5 heteroatoms. The van der Waals surface area contributed by atoms with Crippen LogP contribution >= 0.6 is 0 Å². The van der Waals surface area contributed by atoms with Crippen molar-refractivity contribution in [1.82, 2.24) is 15.0 Å². The number of ether oxygens (including phenoxy) is 1. The number of nitrogens with zero attached hydrogens (tertiary/aromatic N) is 3. The Morgan fingerprint density at radius 1 is 1.20 bits per heavy atom. The minimum Gasteiger partial charge on any atom is -0.378 e. The number of fused-ring (bicyclic) bond motifs is 3. The molecule has 0 radical (unpaired) electrons. The van der Waals surface area contributed by atoms with Gasteiger partial charge >= 0.3 is 0 Å². The second kappa shape index (κ2) is 4.45. The fourth-order valence-electron chi connectivity index (χ4n) is 2.81. The van der Waals surface area contributed by atoms with E-state index in [0.717, 1.165) is 54.1 Å². The van der Waals surface area contributed by atoms with Crippen molar-refractivity contribution in [2.75, 3.05) is 31.2 Å². The molecule has 0 saturated carbocycles. The summed E-state index contributed by atoms with van der Waals surface area (Å²) in [6, 6.07) is 6.39. The molecule has 102 valence electrons. The van der Waals surface area contributed by atoms with Gasteiger partial charge in [0.15, 0.2) is 5.82 Å². The number of nitrogens with one attached hydrogen (secondary N) is 1. The van der Waals surface area contributed by atoms with Crippen molar-refractivity contribution in [2.45, 2.75) is 6.92 Å². The molecule has 1 saturated heterocycles. The Bertz CT molecular complexity index is 774. The molecule has 1 aliphatic rings. The number of morpholine rings is 1. The topological polar surface area (TPSA) is 54.0 Å². The van der Waals surface area contributed by atoms with Gasteiger partial charge in [0.25, 0.3) is 0 Å². The van der Waals surface area contributed by atoms with Gasteiger partial charge in [-0.3, -0.25) is 0 Å². The van der Waals surface area contributed by atoms with E-state index < -0.39 is 0 Å². The van der Waals surface area contributed by atoms with Crippen LogP contribution in [-0.2, 0) is 4.74 Å². The van der Waals surface area contributed by atoms with E-state index in [1.807, 2.05) is 0 Å². The molecule has 5 nitrogen and oxygen atoms in total. The van der Waals surface area contributed by atoms with Gasteiger partial charge in [-0.1, -0.05) is 12.1 Å². The third kappa shape index (κ3) is 1.74. The first-order valence-electron chi connectivity index (χ1n) is 6.89. The van der Waals surface area contributed by atoms with E-state index in [1.54, 1.807) is 6.33 Å². The summed E-state index contributed by atoms with van der Waals surface area (Å²) in [7, 11) is 0. The quantitative estimate of drug-likeness (QED) is 0.735. The molecule has 0 spiro atoms. The van der Waals surface area contributed by atoms with Crippen LogP contribution in [-0.4, -0.2) is 41.3 Å². The number of aromatic nitrogens is 3. The number of aromatic amines is 1. The maximum atomic E-state index is 5.41. The third-order valence-electron chi connectivity index (χ3n) is 3.83. The molecule has 0 aliphatic carbocycles. The number of benzene rings is 1. The van der Waals surface area contributed by atoms with Gasteiger partial charge in [0, 0.05) is 24.0 Å². The van der Waals surface area contributed by atoms with Crippen molar-refractivity contribution in [3.8, 4) is 0 Å². The lowest BCUT2D eigenvalue weighted by molar-refractivity contribution is 0.122. The maximum absolute atomic E-state index is 5.41. The molecule has 1 N–H and O–H groups in total. The van der Waals surface area contributed by atoms with Crippen LogP contribution in [0.15, 0.2) is 24.5 Å². The van der Waals surface area contributed by atoms with Gasteiger partial charge in [-0.25, -0.2) is 9.97 Å². The van der Waals surface area contributed by atoms with Crippen LogP contribution in [0.5, 0.6) is 0 Å². The summed E-state index contributed by atoms with van der Waals surface area (Å²) in [5.41, 5.74) is 4.38. The maximum Gasteiger partial charge on any atom is 0.156 e. The van der Waals surface area contributed by atoms with Crippen molar-refractivity contribution >= 4 is 27.8 Å². The average molecular weight is 268 g/mol. The van der Waals surface area contributed by atoms with E-state index in [2.05, 4.69) is 45.0 Å². The molecule has 3 aromatic rings. The summed E-state index contributed by atoms with van der Waals surface area (Å²) in [4.78, 5) is 14.7. The fourth-order valence-corrected chi connectivity index (χ4v) is 2.81. The van der Waals surface area contributed by atoms with Crippen LogP contribution in [0.25, 0.3) is 21.9 Å². The zero-order chi connectivity index (χ0) is 13.5. The van der Waals surface area contributed by atoms with Gasteiger partial charge < -0.3 is 14.6 Å². The van der Waals surface area contributed by atoms with E-state index in [-0.39, 0.29) is 0 Å². The monoisotopic (exact) mass is 268 g/mol. The van der Waals surface area contributed by atoms with Crippen molar-refractivity contribution in [2.24, 2.45) is 0 Å². The van der Waals surface area contributed by atoms with Crippen LogP contribution in [0.1, 0.15) is 5.56 Å². The number of H-pyrrole nitrogens is 1. The number of rotatable bonds is 1. The van der Waals surface area contributed by atoms with Gasteiger partial charge in [0.05, 0.1) is 13.2 Å². The number of hydrogen-bond acceptors (Lipinski definition) is 4. The minimum atomic E-state index is 0.755. The first kappa shape index (κ1) is 11.7. The summed E-state index contributed by atoms with van der Waals surface area (Å²) < 4.78 is 5.41. The van der Waals surface area contributed by atoms with Gasteiger partial charge in [0.2, 0.25) is 0 Å². The first-order chi connectivity index (χ1) is 9.83.